The van der Waals surface area contributed by atoms with Crippen molar-refractivity contribution in [3.8, 4) is 0 Å². The van der Waals surface area contributed by atoms with E-state index in [-0.39, 0.29) is 4.90 Å². The maximum absolute atomic E-state index is 11.2. The molecule has 3 rings (SSSR count). The van der Waals surface area contributed by atoms with Gasteiger partial charge in [-0.15, -0.1) is 0 Å². The van der Waals surface area contributed by atoms with Crippen molar-refractivity contribution in [2.45, 2.75) is 11.8 Å². The van der Waals surface area contributed by atoms with Crippen molar-refractivity contribution in [2.75, 3.05) is 5.43 Å². The molecular formula is C18H17N3O2S. The highest BCUT2D eigenvalue weighted by Gasteiger charge is 2.06. The van der Waals surface area contributed by atoms with Gasteiger partial charge in [0.2, 0.25) is 10.0 Å². The van der Waals surface area contributed by atoms with Gasteiger partial charge in [-0.1, -0.05) is 36.4 Å². The van der Waals surface area contributed by atoms with Crippen LogP contribution in [0.25, 0.3) is 10.8 Å². The zero-order valence-corrected chi connectivity index (χ0v) is 13.9. The lowest BCUT2D eigenvalue weighted by molar-refractivity contribution is 0.598. The molecule has 0 aliphatic heterocycles. The zero-order chi connectivity index (χ0) is 17.2. The lowest BCUT2D eigenvalue weighted by atomic mass is 10.0. The van der Waals surface area contributed by atoms with Crippen LogP contribution in [-0.2, 0) is 10.0 Å². The van der Waals surface area contributed by atoms with Crippen molar-refractivity contribution in [3.63, 3.8) is 0 Å². The Hall–Kier alpha value is -2.70. The average molecular weight is 339 g/mol. The molecule has 5 nitrogen and oxygen atoms in total. The number of primary sulfonamides is 1. The minimum atomic E-state index is -3.68. The number of hydrogen-bond acceptors (Lipinski definition) is 4. The number of hydrazone groups is 1. The summed E-state index contributed by atoms with van der Waals surface area (Å²) < 4.78 is 22.5. The molecule has 6 heteroatoms. The van der Waals surface area contributed by atoms with Crippen LogP contribution in [0.3, 0.4) is 0 Å². The second-order valence-electron chi connectivity index (χ2n) is 5.44. The maximum atomic E-state index is 11.2. The Labute approximate surface area is 140 Å². The topological polar surface area (TPSA) is 84.5 Å². The summed E-state index contributed by atoms with van der Waals surface area (Å²) in [4.78, 5) is 0.0725. The number of anilines is 1. The summed E-state index contributed by atoms with van der Waals surface area (Å²) in [6.07, 6.45) is 0. The van der Waals surface area contributed by atoms with Crippen molar-refractivity contribution in [3.05, 3.63) is 72.3 Å². The first-order valence-electron chi connectivity index (χ1n) is 7.36. The molecule has 0 aliphatic rings. The van der Waals surface area contributed by atoms with E-state index in [1.807, 2.05) is 25.1 Å². The molecule has 24 heavy (non-hydrogen) atoms. The van der Waals surface area contributed by atoms with Gasteiger partial charge >= 0.3 is 0 Å². The molecule has 3 aromatic rings. The van der Waals surface area contributed by atoms with Crippen LogP contribution in [0.1, 0.15) is 12.5 Å². The molecule has 0 aromatic heterocycles. The average Bonchev–Trinajstić information content (AvgIpc) is 2.59. The fourth-order valence-electron chi connectivity index (χ4n) is 2.35. The predicted molar refractivity (Wildman–Crippen MR) is 97.6 cm³/mol. The van der Waals surface area contributed by atoms with Gasteiger partial charge in [-0.3, -0.25) is 5.43 Å². The van der Waals surface area contributed by atoms with E-state index >= 15 is 0 Å². The van der Waals surface area contributed by atoms with Crippen LogP contribution in [-0.4, -0.2) is 14.1 Å². The molecule has 3 N–H and O–H groups in total. The quantitative estimate of drug-likeness (QED) is 0.565. The van der Waals surface area contributed by atoms with Gasteiger partial charge < -0.3 is 0 Å². The fourth-order valence-corrected chi connectivity index (χ4v) is 2.86. The summed E-state index contributed by atoms with van der Waals surface area (Å²) in [5, 5.41) is 11.8. The van der Waals surface area contributed by atoms with Crippen LogP contribution < -0.4 is 10.6 Å². The molecule has 0 amide bonds. The Balaban J connectivity index is 1.80. The molecular weight excluding hydrogens is 322 g/mol. The molecule has 0 saturated heterocycles. The summed E-state index contributed by atoms with van der Waals surface area (Å²) >= 11 is 0. The maximum Gasteiger partial charge on any atom is 0.238 e. The van der Waals surface area contributed by atoms with Crippen LogP contribution in [0.2, 0.25) is 0 Å². The Morgan fingerprint density at radius 3 is 2.29 bits per heavy atom. The lowest BCUT2D eigenvalue weighted by Gasteiger charge is -2.06. The highest BCUT2D eigenvalue weighted by molar-refractivity contribution is 7.89. The van der Waals surface area contributed by atoms with Gasteiger partial charge in [-0.25, -0.2) is 13.6 Å². The van der Waals surface area contributed by atoms with Gasteiger partial charge in [0.1, 0.15) is 0 Å². The molecule has 0 heterocycles. The third-order valence-corrected chi connectivity index (χ3v) is 4.63. The van der Waals surface area contributed by atoms with Crippen LogP contribution >= 0.6 is 0 Å². The van der Waals surface area contributed by atoms with E-state index in [2.05, 4.69) is 34.8 Å². The first-order chi connectivity index (χ1) is 11.4. The molecule has 0 unspecified atom stereocenters. The number of rotatable bonds is 4. The van der Waals surface area contributed by atoms with Crippen LogP contribution in [0, 0.1) is 0 Å². The Morgan fingerprint density at radius 1 is 0.958 bits per heavy atom. The van der Waals surface area contributed by atoms with Gasteiger partial charge in [0, 0.05) is 0 Å². The molecule has 0 aliphatic carbocycles. The fraction of sp³-hybridized carbons (Fsp3) is 0.0556. The molecule has 0 bridgehead atoms. The van der Waals surface area contributed by atoms with Gasteiger partial charge in [-0.2, -0.15) is 5.10 Å². The number of benzene rings is 3. The monoisotopic (exact) mass is 339 g/mol. The number of sulfonamides is 1. The number of nitrogens with two attached hydrogens (primary N) is 1. The molecule has 0 fully saturated rings. The van der Waals surface area contributed by atoms with E-state index in [9.17, 15) is 8.42 Å². The predicted octanol–water partition coefficient (Wildman–Crippen LogP) is 3.32. The van der Waals surface area contributed by atoms with Gasteiger partial charge in [0.25, 0.3) is 0 Å². The van der Waals surface area contributed by atoms with Crippen molar-refractivity contribution in [1.29, 1.82) is 0 Å². The minimum absolute atomic E-state index is 0.0725. The standard InChI is InChI=1S/C18H17N3O2S/c1-13(15-7-6-14-4-2-3-5-16(14)12-15)20-21-17-8-10-18(11-9-17)24(19,22)23/h2-12,21H,1H3,(H2,19,22,23). The van der Waals surface area contributed by atoms with E-state index in [0.717, 1.165) is 16.7 Å². The highest BCUT2D eigenvalue weighted by Crippen LogP contribution is 2.17. The first kappa shape index (κ1) is 16.2. The Kier molecular flexibility index (Phi) is 4.33. The molecule has 0 saturated carbocycles. The van der Waals surface area contributed by atoms with Crippen LogP contribution in [0.5, 0.6) is 0 Å². The summed E-state index contributed by atoms with van der Waals surface area (Å²) in [5.41, 5.74) is 5.45. The third-order valence-electron chi connectivity index (χ3n) is 3.70. The minimum Gasteiger partial charge on any atom is -0.278 e. The summed E-state index contributed by atoms with van der Waals surface area (Å²) in [6, 6.07) is 20.4. The van der Waals surface area contributed by atoms with Gasteiger partial charge in [0.15, 0.2) is 0 Å². The zero-order valence-electron chi connectivity index (χ0n) is 13.1. The smallest absolute Gasteiger partial charge is 0.238 e. The van der Waals surface area contributed by atoms with Crippen molar-refractivity contribution in [1.82, 2.24) is 0 Å². The van der Waals surface area contributed by atoms with Crippen molar-refractivity contribution < 1.29 is 8.42 Å². The molecule has 0 spiro atoms. The van der Waals surface area contributed by atoms with Crippen LogP contribution in [0.4, 0.5) is 5.69 Å². The van der Waals surface area contributed by atoms with E-state index in [0.29, 0.717) is 5.69 Å². The van der Waals surface area contributed by atoms with Crippen molar-refractivity contribution in [2.24, 2.45) is 10.2 Å². The second kappa shape index (κ2) is 6.43. The normalized spacial score (nSPS) is 12.3. The van der Waals surface area contributed by atoms with Gasteiger partial charge in [-0.05, 0) is 53.6 Å². The van der Waals surface area contributed by atoms with E-state index in [1.165, 1.54) is 17.5 Å². The third kappa shape index (κ3) is 3.61. The Bertz CT molecular complexity index is 1010. The second-order valence-corrected chi connectivity index (χ2v) is 7.00. The van der Waals surface area contributed by atoms with Gasteiger partial charge in [0.05, 0.1) is 16.3 Å². The molecule has 122 valence electrons. The van der Waals surface area contributed by atoms with E-state index in [4.69, 9.17) is 5.14 Å². The summed E-state index contributed by atoms with van der Waals surface area (Å²) in [6.45, 7) is 1.91. The lowest BCUT2D eigenvalue weighted by Crippen LogP contribution is -2.11. The van der Waals surface area contributed by atoms with E-state index < -0.39 is 10.0 Å². The number of nitrogens with zero attached hydrogens (tertiary/aromatic N) is 1. The largest absolute Gasteiger partial charge is 0.278 e. The number of hydrogen-bond donors (Lipinski definition) is 2. The number of nitrogens with one attached hydrogen (secondary N) is 1. The first-order valence-corrected chi connectivity index (χ1v) is 8.90. The summed E-state index contributed by atoms with van der Waals surface area (Å²) in [7, 11) is -3.68. The van der Waals surface area contributed by atoms with Crippen molar-refractivity contribution >= 4 is 32.2 Å². The number of fused-ring (bicyclic) bond motifs is 1. The Morgan fingerprint density at radius 2 is 1.62 bits per heavy atom. The molecule has 3 aromatic carbocycles. The molecule has 0 atom stereocenters. The molecule has 0 radical (unpaired) electrons. The van der Waals surface area contributed by atoms with E-state index in [1.54, 1.807) is 12.1 Å². The summed E-state index contributed by atoms with van der Waals surface area (Å²) in [5.74, 6) is 0. The SMILES string of the molecule is CC(=NNc1ccc(S(N)(=O)=O)cc1)c1ccc2ccccc2c1. The van der Waals surface area contributed by atoms with Crippen LogP contribution in [0.15, 0.2) is 76.7 Å². The highest BCUT2D eigenvalue weighted by atomic mass is 32.2.